The van der Waals surface area contributed by atoms with E-state index in [4.69, 9.17) is 0 Å². The summed E-state index contributed by atoms with van der Waals surface area (Å²) in [5, 5.41) is 2.28. The molecule has 0 unspecified atom stereocenters. The van der Waals surface area contributed by atoms with Gasteiger partial charge in [0.1, 0.15) is 0 Å². The van der Waals surface area contributed by atoms with Gasteiger partial charge in [0.2, 0.25) is 0 Å². The van der Waals surface area contributed by atoms with Crippen molar-refractivity contribution in [1.82, 2.24) is 0 Å². The van der Waals surface area contributed by atoms with Gasteiger partial charge in [0.15, 0.2) is 11.6 Å². The third-order valence-electron chi connectivity index (χ3n) is 5.96. The lowest BCUT2D eigenvalue weighted by atomic mass is 9.91. The maximum absolute atomic E-state index is 12.7. The van der Waals surface area contributed by atoms with E-state index in [2.05, 4.69) is 6.07 Å². The topological polar surface area (TPSA) is 34.1 Å². The highest BCUT2D eigenvalue weighted by atomic mass is 16.1. The van der Waals surface area contributed by atoms with Crippen molar-refractivity contribution >= 4 is 22.3 Å². The van der Waals surface area contributed by atoms with Gasteiger partial charge in [-0.05, 0) is 72.3 Å². The number of carbonyl (C=O) groups excluding carboxylic acids is 2. The van der Waals surface area contributed by atoms with E-state index in [0.717, 1.165) is 29.4 Å². The Morgan fingerprint density at radius 3 is 2.08 bits per heavy atom. The molecular formula is C22H22O2. The number of aryl methyl sites for hydroxylation is 2. The quantitative estimate of drug-likeness (QED) is 0.710. The van der Waals surface area contributed by atoms with Crippen LogP contribution in [0.1, 0.15) is 70.4 Å². The van der Waals surface area contributed by atoms with Gasteiger partial charge in [-0.2, -0.15) is 0 Å². The van der Waals surface area contributed by atoms with Gasteiger partial charge in [-0.25, -0.2) is 0 Å². The minimum Gasteiger partial charge on any atom is -0.294 e. The molecule has 0 amide bonds. The molecule has 2 aromatic rings. The van der Waals surface area contributed by atoms with Gasteiger partial charge in [-0.3, -0.25) is 9.59 Å². The van der Waals surface area contributed by atoms with Crippen molar-refractivity contribution in [2.24, 2.45) is 11.8 Å². The normalized spacial score (nSPS) is 19.0. The van der Waals surface area contributed by atoms with E-state index in [9.17, 15) is 9.59 Å². The lowest BCUT2D eigenvalue weighted by Gasteiger charge is -2.11. The molecule has 3 aliphatic carbocycles. The summed E-state index contributed by atoms with van der Waals surface area (Å²) in [4.78, 5) is 25.3. The fourth-order valence-corrected chi connectivity index (χ4v) is 4.22. The molecule has 2 aromatic carbocycles. The van der Waals surface area contributed by atoms with Gasteiger partial charge in [0.05, 0.1) is 0 Å². The van der Waals surface area contributed by atoms with Gasteiger partial charge in [-0.1, -0.05) is 24.3 Å². The van der Waals surface area contributed by atoms with Crippen molar-refractivity contribution in [1.29, 1.82) is 0 Å². The molecule has 5 rings (SSSR count). The maximum Gasteiger partial charge on any atom is 0.163 e. The third-order valence-corrected chi connectivity index (χ3v) is 5.96. The highest BCUT2D eigenvalue weighted by molar-refractivity contribution is 6.12. The van der Waals surface area contributed by atoms with Crippen molar-refractivity contribution in [3.05, 3.63) is 46.5 Å². The van der Waals surface area contributed by atoms with Crippen molar-refractivity contribution in [3.8, 4) is 0 Å². The van der Waals surface area contributed by atoms with Crippen molar-refractivity contribution < 1.29 is 9.59 Å². The van der Waals surface area contributed by atoms with Crippen LogP contribution in [0.25, 0.3) is 10.8 Å². The number of benzene rings is 2. The second-order valence-electron chi connectivity index (χ2n) is 7.93. The summed E-state index contributed by atoms with van der Waals surface area (Å²) in [5.41, 5.74) is 4.29. The van der Waals surface area contributed by atoms with Crippen LogP contribution >= 0.6 is 0 Å². The smallest absolute Gasteiger partial charge is 0.163 e. The standard InChI is InChI=1S/C22H22O2/c23-20(11-13-1-2-13)16-7-5-15-6-8-18-17(9-10-19(16)22(15)18)21(24)12-14-3-4-14/h5,7,9-10,13-14H,1-4,6,8,11-12H2. The van der Waals surface area contributed by atoms with Gasteiger partial charge >= 0.3 is 0 Å². The Morgan fingerprint density at radius 2 is 1.42 bits per heavy atom. The third kappa shape index (κ3) is 2.40. The molecule has 24 heavy (non-hydrogen) atoms. The van der Waals surface area contributed by atoms with Crippen LogP contribution in [-0.2, 0) is 12.8 Å². The van der Waals surface area contributed by atoms with Gasteiger partial charge in [0.25, 0.3) is 0 Å². The first kappa shape index (κ1) is 14.4. The number of rotatable bonds is 6. The van der Waals surface area contributed by atoms with E-state index >= 15 is 0 Å². The second kappa shape index (κ2) is 5.27. The molecule has 3 aliphatic rings. The second-order valence-corrected chi connectivity index (χ2v) is 7.93. The summed E-state index contributed by atoms with van der Waals surface area (Å²) >= 11 is 0. The number of hydrogen-bond donors (Lipinski definition) is 0. The van der Waals surface area contributed by atoms with Gasteiger partial charge < -0.3 is 0 Å². The Hall–Kier alpha value is -1.96. The molecule has 2 fully saturated rings. The van der Waals surface area contributed by atoms with E-state index in [1.165, 1.54) is 42.2 Å². The van der Waals surface area contributed by atoms with E-state index in [1.807, 2.05) is 18.2 Å². The summed E-state index contributed by atoms with van der Waals surface area (Å²) < 4.78 is 0. The predicted molar refractivity (Wildman–Crippen MR) is 94.7 cm³/mol. The van der Waals surface area contributed by atoms with Crippen LogP contribution < -0.4 is 0 Å². The van der Waals surface area contributed by atoms with Crippen LogP contribution in [0.3, 0.4) is 0 Å². The monoisotopic (exact) mass is 318 g/mol. The fraction of sp³-hybridized carbons (Fsp3) is 0.455. The molecule has 0 spiro atoms. The molecule has 0 N–H and O–H groups in total. The number of ketones is 2. The van der Waals surface area contributed by atoms with Crippen LogP contribution in [0.5, 0.6) is 0 Å². The molecule has 0 atom stereocenters. The minimum absolute atomic E-state index is 0.277. The van der Waals surface area contributed by atoms with Crippen LogP contribution in [0.15, 0.2) is 24.3 Å². The number of Topliss-reactive ketones (excluding diaryl/α,β-unsaturated/α-hetero) is 2. The van der Waals surface area contributed by atoms with Crippen molar-refractivity contribution in [2.45, 2.75) is 51.4 Å². The summed E-state index contributed by atoms with van der Waals surface area (Å²) in [6.45, 7) is 0. The first-order valence-corrected chi connectivity index (χ1v) is 9.34. The van der Waals surface area contributed by atoms with Crippen LogP contribution in [0, 0.1) is 11.8 Å². The molecule has 122 valence electrons. The first-order valence-electron chi connectivity index (χ1n) is 9.34. The average molecular weight is 318 g/mol. The van der Waals surface area contributed by atoms with Crippen LogP contribution in [-0.4, -0.2) is 11.6 Å². The van der Waals surface area contributed by atoms with E-state index in [1.54, 1.807) is 0 Å². The predicted octanol–water partition coefficient (Wildman–Crippen LogP) is 4.90. The number of carbonyl (C=O) groups is 2. The Morgan fingerprint density at radius 1 is 0.792 bits per heavy atom. The molecule has 2 heteroatoms. The van der Waals surface area contributed by atoms with Crippen molar-refractivity contribution in [3.63, 3.8) is 0 Å². The van der Waals surface area contributed by atoms with Crippen LogP contribution in [0.4, 0.5) is 0 Å². The average Bonchev–Trinajstić information content (AvgIpc) is 3.50. The minimum atomic E-state index is 0.277. The van der Waals surface area contributed by atoms with Crippen molar-refractivity contribution in [2.75, 3.05) is 0 Å². The largest absolute Gasteiger partial charge is 0.294 e. The maximum atomic E-state index is 12.7. The zero-order valence-electron chi connectivity index (χ0n) is 13.9. The Labute approximate surface area is 142 Å². The number of hydrogen-bond acceptors (Lipinski definition) is 2. The molecule has 0 radical (unpaired) electrons. The highest BCUT2D eigenvalue weighted by Gasteiger charge is 2.29. The van der Waals surface area contributed by atoms with E-state index in [-0.39, 0.29) is 5.78 Å². The zero-order chi connectivity index (χ0) is 16.3. The summed E-state index contributed by atoms with van der Waals surface area (Å²) in [6.07, 6.45) is 8.15. The zero-order valence-corrected chi connectivity index (χ0v) is 13.9. The lowest BCUT2D eigenvalue weighted by Crippen LogP contribution is -2.06. The highest BCUT2D eigenvalue weighted by Crippen LogP contribution is 2.39. The fourth-order valence-electron chi connectivity index (χ4n) is 4.22. The Kier molecular flexibility index (Phi) is 3.16. The van der Waals surface area contributed by atoms with Crippen LogP contribution in [0.2, 0.25) is 0 Å². The summed E-state index contributed by atoms with van der Waals surface area (Å²) in [7, 11) is 0. The molecule has 0 aliphatic heterocycles. The Balaban J connectivity index is 1.59. The van der Waals surface area contributed by atoms with E-state index in [0.29, 0.717) is 30.5 Å². The molecule has 0 saturated heterocycles. The summed E-state index contributed by atoms with van der Waals surface area (Å²) in [5.74, 6) is 1.81. The SMILES string of the molecule is O=C(CC1CC1)c1ccc2c(C(=O)CC3CC3)ccc3c2c1CC3. The summed E-state index contributed by atoms with van der Waals surface area (Å²) in [6, 6.07) is 8.16. The molecule has 0 heterocycles. The first-order chi connectivity index (χ1) is 11.7. The molecule has 0 bridgehead atoms. The van der Waals surface area contributed by atoms with Gasteiger partial charge in [-0.15, -0.1) is 0 Å². The molecular weight excluding hydrogens is 296 g/mol. The van der Waals surface area contributed by atoms with E-state index < -0.39 is 0 Å². The van der Waals surface area contributed by atoms with Gasteiger partial charge in [0, 0.05) is 24.0 Å². The molecule has 2 saturated carbocycles. The Bertz CT molecular complexity index is 869. The molecule has 0 aromatic heterocycles. The lowest BCUT2D eigenvalue weighted by molar-refractivity contribution is 0.0969. The molecule has 2 nitrogen and oxygen atoms in total.